The molecule has 0 aliphatic carbocycles. The van der Waals surface area contributed by atoms with Crippen molar-refractivity contribution >= 4 is 5.78 Å². The minimum absolute atomic E-state index is 0.376. The average molecular weight is 380 g/mol. The van der Waals surface area contributed by atoms with Gasteiger partial charge in [0.15, 0.2) is 5.78 Å². The van der Waals surface area contributed by atoms with Crippen LogP contribution in [0.25, 0.3) is 11.1 Å². The molecule has 2 aromatic rings. The monoisotopic (exact) mass is 380 g/mol. The van der Waals surface area contributed by atoms with Crippen molar-refractivity contribution in [3.05, 3.63) is 53.9 Å². The Bertz CT molecular complexity index is 734. The van der Waals surface area contributed by atoms with Gasteiger partial charge in [0, 0.05) is 30.6 Å². The number of pyridine rings is 1. The Kier molecular flexibility index (Phi) is 7.50. The van der Waals surface area contributed by atoms with Crippen LogP contribution in [0.3, 0.4) is 0 Å². The molecule has 1 heterocycles. The average Bonchev–Trinajstić information content (AvgIpc) is 2.65. The van der Waals surface area contributed by atoms with Crippen LogP contribution in [0.15, 0.2) is 42.6 Å². The van der Waals surface area contributed by atoms with Gasteiger partial charge in [-0.1, -0.05) is 30.3 Å². The number of hydrogen-bond donors (Lipinski definition) is 1. The highest BCUT2D eigenvalue weighted by molar-refractivity contribution is 5.81. The third kappa shape index (κ3) is 5.87. The first-order valence-electron chi connectivity index (χ1n) is 8.56. The minimum atomic E-state index is -3.16. The van der Waals surface area contributed by atoms with Gasteiger partial charge >= 0.3 is 0 Å². The summed E-state index contributed by atoms with van der Waals surface area (Å²) in [4.78, 5) is 17.6. The molecule has 0 radical (unpaired) electrons. The first kappa shape index (κ1) is 21.1. The molecule has 0 spiro atoms. The molecule has 27 heavy (non-hydrogen) atoms. The lowest BCUT2D eigenvalue weighted by Crippen LogP contribution is -2.22. The largest absolute Gasteiger partial charge is 0.388 e. The van der Waals surface area contributed by atoms with Gasteiger partial charge in [-0.3, -0.25) is 14.2 Å². The van der Waals surface area contributed by atoms with Crippen LogP contribution in [0.1, 0.15) is 23.8 Å². The molecule has 0 unspecified atom stereocenters. The normalized spacial score (nSPS) is 13.8. The summed E-state index contributed by atoms with van der Waals surface area (Å²) in [5.74, 6) is -2.55. The van der Waals surface area contributed by atoms with Crippen molar-refractivity contribution < 1.29 is 23.1 Å². The summed E-state index contributed by atoms with van der Waals surface area (Å²) in [6.07, 6.45) is -3.44. The van der Waals surface area contributed by atoms with Crippen molar-refractivity contribution in [3.8, 4) is 11.1 Å². The SMILES string of the molecule is CN(C)Cc1ccc(-c2ccc([C@@H](O)[C@@H](CF)CC(=O)C(F)F)cc2)cn1. The molecule has 0 fully saturated rings. The number of Topliss-reactive ketones (excluding diaryl/α,β-unsaturated/α-hetero) is 1. The zero-order valence-corrected chi connectivity index (χ0v) is 15.3. The molecule has 0 amide bonds. The summed E-state index contributed by atoms with van der Waals surface area (Å²) >= 11 is 0. The van der Waals surface area contributed by atoms with Crippen molar-refractivity contribution in [2.24, 2.45) is 5.92 Å². The van der Waals surface area contributed by atoms with Gasteiger partial charge in [0.25, 0.3) is 6.43 Å². The molecule has 2 atom stereocenters. The van der Waals surface area contributed by atoms with E-state index >= 15 is 0 Å². The van der Waals surface area contributed by atoms with Crippen LogP contribution in [-0.4, -0.2) is 48.0 Å². The lowest BCUT2D eigenvalue weighted by Gasteiger charge is -2.20. The fourth-order valence-electron chi connectivity index (χ4n) is 2.76. The van der Waals surface area contributed by atoms with E-state index in [1.165, 1.54) is 0 Å². The molecule has 2 rings (SSSR count). The number of hydrogen-bond acceptors (Lipinski definition) is 4. The standard InChI is InChI=1S/C20H23F3N2O2/c1-25(2)12-17-8-7-15(11-24-17)13-3-5-14(6-4-13)19(27)16(10-21)9-18(26)20(22)23/h3-8,11,16,19-20,27H,9-10,12H2,1-2H3/t16-,19-/m1/s1. The zero-order valence-electron chi connectivity index (χ0n) is 15.3. The van der Waals surface area contributed by atoms with Crippen LogP contribution in [0, 0.1) is 5.92 Å². The summed E-state index contributed by atoms with van der Waals surface area (Å²) in [6.45, 7) is -0.327. The first-order valence-corrected chi connectivity index (χ1v) is 8.56. The van der Waals surface area contributed by atoms with E-state index in [-0.39, 0.29) is 0 Å². The second-order valence-electron chi connectivity index (χ2n) is 6.73. The van der Waals surface area contributed by atoms with Gasteiger partial charge in [0.1, 0.15) is 0 Å². The summed E-state index contributed by atoms with van der Waals surface area (Å²) in [5, 5.41) is 10.2. The summed E-state index contributed by atoms with van der Waals surface area (Å²) in [5.41, 5.74) is 3.05. The number of carbonyl (C=O) groups is 1. The Morgan fingerprint density at radius 2 is 1.74 bits per heavy atom. The maximum atomic E-state index is 13.1. The Hall–Kier alpha value is -2.25. The number of alkyl halides is 3. The highest BCUT2D eigenvalue weighted by Gasteiger charge is 2.27. The number of aliphatic hydroxyl groups excluding tert-OH is 1. The van der Waals surface area contributed by atoms with Crippen LogP contribution in [0.4, 0.5) is 13.2 Å². The molecule has 0 bridgehead atoms. The molecule has 7 heteroatoms. The van der Waals surface area contributed by atoms with Crippen LogP contribution in [0.5, 0.6) is 0 Å². The van der Waals surface area contributed by atoms with Gasteiger partial charge in [0.05, 0.1) is 18.5 Å². The lowest BCUT2D eigenvalue weighted by atomic mass is 9.91. The Balaban J connectivity index is 2.10. The Labute approximate surface area is 156 Å². The van der Waals surface area contributed by atoms with E-state index in [4.69, 9.17) is 0 Å². The highest BCUT2D eigenvalue weighted by atomic mass is 19.3. The third-order valence-electron chi connectivity index (χ3n) is 4.24. The van der Waals surface area contributed by atoms with E-state index in [0.29, 0.717) is 5.56 Å². The van der Waals surface area contributed by atoms with Crippen molar-refractivity contribution in [1.29, 1.82) is 0 Å². The second kappa shape index (κ2) is 9.62. The van der Waals surface area contributed by atoms with Crippen LogP contribution in [-0.2, 0) is 11.3 Å². The van der Waals surface area contributed by atoms with Crippen molar-refractivity contribution in [1.82, 2.24) is 9.88 Å². The number of benzene rings is 1. The van der Waals surface area contributed by atoms with E-state index in [0.717, 1.165) is 23.4 Å². The first-order chi connectivity index (χ1) is 12.8. The molecule has 0 saturated carbocycles. The molecule has 1 aromatic heterocycles. The smallest absolute Gasteiger partial charge is 0.295 e. The van der Waals surface area contributed by atoms with Crippen molar-refractivity contribution in [3.63, 3.8) is 0 Å². The van der Waals surface area contributed by atoms with Crippen LogP contribution < -0.4 is 0 Å². The molecule has 1 N–H and O–H groups in total. The third-order valence-corrected chi connectivity index (χ3v) is 4.24. The molecule has 0 saturated heterocycles. The van der Waals surface area contributed by atoms with Gasteiger partial charge in [0.2, 0.25) is 0 Å². The number of aliphatic hydroxyl groups is 1. The number of halogens is 3. The molecule has 4 nitrogen and oxygen atoms in total. The highest BCUT2D eigenvalue weighted by Crippen LogP contribution is 2.28. The Morgan fingerprint density at radius 1 is 1.11 bits per heavy atom. The number of nitrogens with zero attached hydrogens (tertiary/aromatic N) is 2. The number of aromatic nitrogens is 1. The summed E-state index contributed by atoms with van der Waals surface area (Å²) in [7, 11) is 3.92. The molecular formula is C20H23F3N2O2. The van der Waals surface area contributed by atoms with E-state index in [9.17, 15) is 23.1 Å². The predicted octanol–water partition coefficient (Wildman–Crippen LogP) is 3.65. The molecular weight excluding hydrogens is 357 g/mol. The quantitative estimate of drug-likeness (QED) is 0.722. The fraction of sp³-hybridized carbons (Fsp3) is 0.400. The topological polar surface area (TPSA) is 53.4 Å². The van der Waals surface area contributed by atoms with E-state index < -0.39 is 37.3 Å². The maximum absolute atomic E-state index is 13.1. The van der Waals surface area contributed by atoms with Crippen LogP contribution >= 0.6 is 0 Å². The maximum Gasteiger partial charge on any atom is 0.295 e. The van der Waals surface area contributed by atoms with Gasteiger partial charge in [-0.25, -0.2) is 8.78 Å². The molecule has 0 aliphatic heterocycles. The predicted molar refractivity (Wildman–Crippen MR) is 97.1 cm³/mol. The minimum Gasteiger partial charge on any atom is -0.388 e. The zero-order chi connectivity index (χ0) is 20.0. The van der Waals surface area contributed by atoms with E-state index in [1.807, 2.05) is 31.1 Å². The molecule has 146 valence electrons. The number of ketones is 1. The number of rotatable bonds is 9. The van der Waals surface area contributed by atoms with Gasteiger partial charge in [-0.15, -0.1) is 0 Å². The summed E-state index contributed by atoms with van der Waals surface area (Å²) in [6, 6.07) is 10.5. The van der Waals surface area contributed by atoms with Gasteiger partial charge in [-0.2, -0.15) is 0 Å². The van der Waals surface area contributed by atoms with Gasteiger partial charge in [-0.05, 0) is 31.3 Å². The van der Waals surface area contributed by atoms with Crippen LogP contribution in [0.2, 0.25) is 0 Å². The van der Waals surface area contributed by atoms with E-state index in [2.05, 4.69) is 4.98 Å². The second-order valence-corrected chi connectivity index (χ2v) is 6.73. The fourth-order valence-corrected chi connectivity index (χ4v) is 2.76. The van der Waals surface area contributed by atoms with E-state index in [1.54, 1.807) is 30.5 Å². The van der Waals surface area contributed by atoms with Gasteiger partial charge < -0.3 is 10.0 Å². The molecule has 1 aromatic carbocycles. The molecule has 0 aliphatic rings. The lowest BCUT2D eigenvalue weighted by molar-refractivity contribution is -0.131. The summed E-state index contributed by atoms with van der Waals surface area (Å²) < 4.78 is 37.9. The number of carbonyl (C=O) groups excluding carboxylic acids is 1. The Morgan fingerprint density at radius 3 is 2.22 bits per heavy atom. The van der Waals surface area contributed by atoms with Crippen molar-refractivity contribution in [2.45, 2.75) is 25.5 Å². The van der Waals surface area contributed by atoms with Crippen molar-refractivity contribution in [2.75, 3.05) is 20.8 Å².